The minimum atomic E-state index is -2.70. The van der Waals surface area contributed by atoms with Gasteiger partial charge in [-0.15, -0.1) is 0 Å². The van der Waals surface area contributed by atoms with Crippen molar-refractivity contribution in [2.45, 2.75) is 163 Å². The van der Waals surface area contributed by atoms with Crippen LogP contribution in [0.1, 0.15) is 145 Å². The van der Waals surface area contributed by atoms with Crippen molar-refractivity contribution in [3.63, 3.8) is 0 Å². The van der Waals surface area contributed by atoms with Gasteiger partial charge in [-0.1, -0.05) is 135 Å². The molecule has 0 saturated heterocycles. The molecule has 10 atom stereocenters. The smallest absolute Gasteiger partial charge is 0.261 e. The van der Waals surface area contributed by atoms with Crippen LogP contribution in [0.5, 0.6) is 0 Å². The molecule has 0 aliphatic heterocycles. The fourth-order valence-electron chi connectivity index (χ4n) is 13.2. The minimum absolute atomic E-state index is 0.0806. The average molecular weight is 773 g/mol. The van der Waals surface area contributed by atoms with E-state index < -0.39 is 8.32 Å². The SMILES string of the molecule is COC[C@H](CCC(=S)O[C@H]1CC[C@@]2(C)[C@@H](CC[C@@H]3[C@@H]2CC[C@]2(C)[C@@H]([C@@H](C)CCCC(C)C)CC[C@@H]32)C1)O[Si](c1ccccc1)(c1ccccc1)C(C)(C)C. The van der Waals surface area contributed by atoms with Gasteiger partial charge in [0.2, 0.25) is 0 Å². The minimum Gasteiger partial charge on any atom is -0.484 e. The Morgan fingerprint density at radius 3 is 2.04 bits per heavy atom. The van der Waals surface area contributed by atoms with Crippen LogP contribution in [0.4, 0.5) is 0 Å². The van der Waals surface area contributed by atoms with Crippen molar-refractivity contribution in [1.82, 2.24) is 0 Å². The zero-order valence-electron chi connectivity index (χ0n) is 35.7. The summed E-state index contributed by atoms with van der Waals surface area (Å²) >= 11 is 6.03. The van der Waals surface area contributed by atoms with Crippen LogP contribution in [-0.2, 0) is 13.9 Å². The maximum Gasteiger partial charge on any atom is 0.261 e. The van der Waals surface area contributed by atoms with Crippen molar-refractivity contribution in [1.29, 1.82) is 0 Å². The number of methoxy groups -OCH3 is 1. The van der Waals surface area contributed by atoms with Gasteiger partial charge in [-0.3, -0.25) is 0 Å². The van der Waals surface area contributed by atoms with Crippen LogP contribution in [0.15, 0.2) is 60.7 Å². The molecule has 4 fully saturated rings. The zero-order valence-corrected chi connectivity index (χ0v) is 37.5. The standard InChI is InChI=1S/C49H76O3SSi/c1-35(2)17-16-18-36(3)43-26-27-44-42-25-23-37-33-38(29-31-48(37,7)45(42)30-32-49(43,44)8)51-46(53)28-24-39(34-50-9)52-54(47(4,5)6,40-19-12-10-13-20-40)41-21-14-11-15-22-41/h10-15,19-22,35-39,42-45H,16-18,23-34H2,1-9H3/t36-,37-,38-,39-,42-,43+,44-,45-,48-,49+/m0/s1. The number of fused-ring (bicyclic) bond motifs is 5. The number of benzene rings is 2. The molecule has 0 spiro atoms. The highest BCUT2D eigenvalue weighted by Gasteiger charge is 2.61. The van der Waals surface area contributed by atoms with Gasteiger partial charge in [-0.25, -0.2) is 0 Å². The summed E-state index contributed by atoms with van der Waals surface area (Å²) in [6.45, 7) is 20.4. The first-order chi connectivity index (χ1) is 25.7. The molecule has 5 heteroatoms. The van der Waals surface area contributed by atoms with E-state index in [1.807, 2.05) is 0 Å². The number of hydrogen-bond acceptors (Lipinski definition) is 4. The van der Waals surface area contributed by atoms with Gasteiger partial charge < -0.3 is 13.9 Å². The fourth-order valence-corrected chi connectivity index (χ4v) is 18.1. The van der Waals surface area contributed by atoms with E-state index in [1.54, 1.807) is 7.11 Å². The molecule has 0 bridgehead atoms. The van der Waals surface area contributed by atoms with E-state index in [0.29, 0.717) is 17.4 Å². The summed E-state index contributed by atoms with van der Waals surface area (Å²) in [6.07, 6.45) is 18.3. The lowest BCUT2D eigenvalue weighted by atomic mass is 9.44. The molecule has 4 aliphatic carbocycles. The van der Waals surface area contributed by atoms with Crippen molar-refractivity contribution >= 4 is 36.0 Å². The maximum absolute atomic E-state index is 7.47. The lowest BCUT2D eigenvalue weighted by Gasteiger charge is -2.61. The third kappa shape index (κ3) is 8.51. The molecule has 300 valence electrons. The van der Waals surface area contributed by atoms with Gasteiger partial charge in [0.05, 0.1) is 18.8 Å². The van der Waals surface area contributed by atoms with E-state index in [2.05, 4.69) is 116 Å². The zero-order chi connectivity index (χ0) is 38.7. The van der Waals surface area contributed by atoms with Gasteiger partial charge in [-0.2, -0.15) is 0 Å². The second-order valence-electron chi connectivity index (χ2n) is 20.5. The van der Waals surface area contributed by atoms with Crippen LogP contribution in [0.2, 0.25) is 5.04 Å². The Hall–Kier alpha value is -1.53. The number of ether oxygens (including phenoxy) is 2. The number of rotatable bonds is 15. The Labute approximate surface area is 337 Å². The van der Waals surface area contributed by atoms with Crippen LogP contribution < -0.4 is 10.4 Å². The summed E-state index contributed by atoms with van der Waals surface area (Å²) in [7, 11) is -0.913. The summed E-state index contributed by atoms with van der Waals surface area (Å²) in [6, 6.07) is 21.9. The summed E-state index contributed by atoms with van der Waals surface area (Å²) in [5, 5.41) is 3.27. The predicted octanol–water partition coefficient (Wildman–Crippen LogP) is 12.2. The molecule has 0 radical (unpaired) electrons. The summed E-state index contributed by atoms with van der Waals surface area (Å²) in [5.74, 6) is 6.18. The van der Waals surface area contributed by atoms with Crippen molar-refractivity contribution in [3.8, 4) is 0 Å². The van der Waals surface area contributed by atoms with E-state index in [-0.39, 0.29) is 17.2 Å². The van der Waals surface area contributed by atoms with Crippen LogP contribution in [0.3, 0.4) is 0 Å². The Balaban J connectivity index is 1.07. The van der Waals surface area contributed by atoms with Crippen LogP contribution in [-0.4, -0.2) is 39.3 Å². The molecule has 4 aliphatic rings. The van der Waals surface area contributed by atoms with Gasteiger partial charge in [0.1, 0.15) is 0 Å². The van der Waals surface area contributed by atoms with Crippen LogP contribution in [0, 0.1) is 52.3 Å². The fraction of sp³-hybridized carbons (Fsp3) is 0.735. The molecule has 0 heterocycles. The normalized spacial score (nSPS) is 32.3. The van der Waals surface area contributed by atoms with E-state index in [1.165, 1.54) is 81.0 Å². The second-order valence-corrected chi connectivity index (χ2v) is 25.2. The maximum atomic E-state index is 7.47. The molecule has 0 aromatic heterocycles. The third-order valence-corrected chi connectivity index (χ3v) is 21.3. The second kappa shape index (κ2) is 17.5. The Bertz CT molecular complexity index is 1450. The van der Waals surface area contributed by atoms with E-state index in [0.717, 1.165) is 65.7 Å². The highest BCUT2D eigenvalue weighted by Crippen LogP contribution is 2.68. The monoisotopic (exact) mass is 773 g/mol. The highest BCUT2D eigenvalue weighted by atomic mass is 32.1. The van der Waals surface area contributed by atoms with Crippen molar-refractivity contribution in [2.75, 3.05) is 13.7 Å². The van der Waals surface area contributed by atoms with Crippen LogP contribution >= 0.6 is 12.2 Å². The van der Waals surface area contributed by atoms with Crippen molar-refractivity contribution in [2.24, 2.45) is 52.3 Å². The molecule has 3 nitrogen and oxygen atoms in total. The van der Waals surface area contributed by atoms with Crippen molar-refractivity contribution in [3.05, 3.63) is 60.7 Å². The summed E-state index contributed by atoms with van der Waals surface area (Å²) in [5.41, 5.74) is 1.02. The molecule has 2 aromatic carbocycles. The number of thiocarbonyl (C=S) groups is 1. The third-order valence-electron chi connectivity index (χ3n) is 15.9. The number of hydrogen-bond donors (Lipinski definition) is 0. The van der Waals surface area contributed by atoms with Crippen molar-refractivity contribution < 1.29 is 13.9 Å². The first kappa shape index (κ1) is 42.1. The molecule has 0 amide bonds. The Morgan fingerprint density at radius 1 is 0.796 bits per heavy atom. The molecule has 4 saturated carbocycles. The Morgan fingerprint density at radius 2 is 1.43 bits per heavy atom. The quantitative estimate of drug-likeness (QED) is 0.133. The van der Waals surface area contributed by atoms with Gasteiger partial charge in [0, 0.05) is 13.5 Å². The predicted molar refractivity (Wildman–Crippen MR) is 234 cm³/mol. The summed E-state index contributed by atoms with van der Waals surface area (Å²) in [4.78, 5) is 0. The molecule has 54 heavy (non-hydrogen) atoms. The topological polar surface area (TPSA) is 27.7 Å². The van der Waals surface area contributed by atoms with Gasteiger partial charge >= 0.3 is 0 Å². The first-order valence-corrected chi connectivity index (χ1v) is 24.5. The Kier molecular flexibility index (Phi) is 13.7. The molecule has 0 N–H and O–H groups in total. The van der Waals surface area contributed by atoms with Gasteiger partial charge in [0.15, 0.2) is 5.05 Å². The molecule has 6 rings (SSSR count). The largest absolute Gasteiger partial charge is 0.484 e. The average Bonchev–Trinajstić information content (AvgIpc) is 3.50. The van der Waals surface area contributed by atoms with Gasteiger partial charge in [-0.05, 0) is 144 Å². The lowest BCUT2D eigenvalue weighted by Crippen LogP contribution is -2.68. The highest BCUT2D eigenvalue weighted by molar-refractivity contribution is 7.80. The first-order valence-electron chi connectivity index (χ1n) is 22.2. The van der Waals surface area contributed by atoms with E-state index >= 15 is 0 Å². The van der Waals surface area contributed by atoms with E-state index in [9.17, 15) is 0 Å². The molecule has 2 aromatic rings. The molecular formula is C49H76O3SSi. The lowest BCUT2D eigenvalue weighted by molar-refractivity contribution is -0.127. The van der Waals surface area contributed by atoms with E-state index in [4.69, 9.17) is 26.1 Å². The molecule has 0 unspecified atom stereocenters. The van der Waals surface area contributed by atoms with Crippen LogP contribution in [0.25, 0.3) is 0 Å². The molecular weight excluding hydrogens is 697 g/mol. The van der Waals surface area contributed by atoms with Gasteiger partial charge in [0.25, 0.3) is 8.32 Å². The summed E-state index contributed by atoms with van der Waals surface area (Å²) < 4.78 is 20.0.